The third-order valence-electron chi connectivity index (χ3n) is 4.72. The molecule has 98 valence electrons. The summed E-state index contributed by atoms with van der Waals surface area (Å²) in [5, 5.41) is 13.0. The topological polar surface area (TPSA) is 38.7 Å². The molecule has 3 saturated heterocycles. The molecule has 4 unspecified atom stereocenters. The van der Waals surface area contributed by atoms with E-state index in [2.05, 4.69) is 22.0 Å². The number of piperazine rings is 1. The number of rotatable bonds is 2. The zero-order chi connectivity index (χ0) is 11.8. The predicted octanol–water partition coefficient (Wildman–Crippen LogP) is -0.122. The molecule has 0 aromatic heterocycles. The van der Waals surface area contributed by atoms with E-state index in [1.54, 1.807) is 0 Å². The molecule has 0 bridgehead atoms. The van der Waals surface area contributed by atoms with E-state index in [1.807, 2.05) is 0 Å². The molecule has 3 heterocycles. The molecule has 0 spiro atoms. The Morgan fingerprint density at radius 2 is 2.24 bits per heavy atom. The molecular weight excluding hydrogens is 214 g/mol. The highest BCUT2D eigenvalue weighted by molar-refractivity contribution is 4.93. The van der Waals surface area contributed by atoms with Crippen LogP contribution in [0.4, 0.5) is 0 Å². The number of aliphatic hydroxyl groups excluding tert-OH is 1. The van der Waals surface area contributed by atoms with Crippen molar-refractivity contribution in [2.24, 2.45) is 0 Å². The lowest BCUT2D eigenvalue weighted by atomic mass is 10.1. The molecule has 0 saturated carbocycles. The summed E-state index contributed by atoms with van der Waals surface area (Å²) < 4.78 is 0. The second-order valence-corrected chi connectivity index (χ2v) is 6.09. The van der Waals surface area contributed by atoms with Crippen molar-refractivity contribution in [1.29, 1.82) is 0 Å². The first-order valence-electron chi connectivity index (χ1n) is 7.12. The maximum atomic E-state index is 9.56. The van der Waals surface area contributed by atoms with Crippen molar-refractivity contribution in [3.8, 4) is 0 Å². The van der Waals surface area contributed by atoms with E-state index in [0.29, 0.717) is 12.1 Å². The fraction of sp³-hybridized carbons (Fsp3) is 1.00. The molecule has 2 N–H and O–H groups in total. The molecule has 0 radical (unpaired) electrons. The van der Waals surface area contributed by atoms with Gasteiger partial charge in [0.05, 0.1) is 6.10 Å². The van der Waals surface area contributed by atoms with Gasteiger partial charge in [-0.1, -0.05) is 0 Å². The summed E-state index contributed by atoms with van der Waals surface area (Å²) in [4.78, 5) is 5.29. The van der Waals surface area contributed by atoms with Gasteiger partial charge in [0.1, 0.15) is 0 Å². The molecule has 0 amide bonds. The molecule has 17 heavy (non-hydrogen) atoms. The quantitative estimate of drug-likeness (QED) is 0.704. The van der Waals surface area contributed by atoms with Gasteiger partial charge in [-0.3, -0.25) is 9.80 Å². The van der Waals surface area contributed by atoms with Crippen molar-refractivity contribution < 1.29 is 5.11 Å². The molecule has 0 aromatic rings. The highest BCUT2D eigenvalue weighted by Gasteiger charge is 2.35. The minimum absolute atomic E-state index is 0.122. The van der Waals surface area contributed by atoms with Crippen LogP contribution in [0.3, 0.4) is 0 Å². The van der Waals surface area contributed by atoms with Gasteiger partial charge < -0.3 is 10.4 Å². The third kappa shape index (κ3) is 2.50. The van der Waals surface area contributed by atoms with Crippen LogP contribution in [0, 0.1) is 0 Å². The molecule has 4 heteroatoms. The van der Waals surface area contributed by atoms with E-state index in [0.717, 1.165) is 25.6 Å². The van der Waals surface area contributed by atoms with Crippen molar-refractivity contribution in [2.45, 2.75) is 50.4 Å². The highest BCUT2D eigenvalue weighted by Crippen LogP contribution is 2.25. The van der Waals surface area contributed by atoms with E-state index >= 15 is 0 Å². The molecule has 3 fully saturated rings. The van der Waals surface area contributed by atoms with Crippen molar-refractivity contribution >= 4 is 0 Å². The van der Waals surface area contributed by atoms with Gasteiger partial charge >= 0.3 is 0 Å². The minimum Gasteiger partial charge on any atom is -0.392 e. The average molecular weight is 239 g/mol. The Bertz CT molecular complexity index is 273. The Morgan fingerprint density at radius 1 is 1.35 bits per heavy atom. The number of hydrogen-bond acceptors (Lipinski definition) is 4. The zero-order valence-electron chi connectivity index (χ0n) is 10.8. The van der Waals surface area contributed by atoms with E-state index in [4.69, 9.17) is 0 Å². The predicted molar refractivity (Wildman–Crippen MR) is 68.0 cm³/mol. The standard InChI is InChI=1S/C13H25N3O/c1-10-7-15-4-2-3-12(15)9-16(10)8-11-5-13(17)6-14-11/h10-14,17H,2-9H2,1H3. The normalized spacial score (nSPS) is 44.1. The molecule has 4 nitrogen and oxygen atoms in total. The van der Waals surface area contributed by atoms with Crippen molar-refractivity contribution in [3.63, 3.8) is 0 Å². The largest absolute Gasteiger partial charge is 0.392 e. The fourth-order valence-corrected chi connectivity index (χ4v) is 3.72. The minimum atomic E-state index is -0.122. The summed E-state index contributed by atoms with van der Waals surface area (Å²) in [6.45, 7) is 8.02. The lowest BCUT2D eigenvalue weighted by Gasteiger charge is -2.43. The van der Waals surface area contributed by atoms with E-state index in [1.165, 1.54) is 32.5 Å². The van der Waals surface area contributed by atoms with E-state index in [-0.39, 0.29) is 6.10 Å². The van der Waals surface area contributed by atoms with Crippen LogP contribution in [-0.4, -0.2) is 71.9 Å². The third-order valence-corrected chi connectivity index (χ3v) is 4.72. The first-order valence-corrected chi connectivity index (χ1v) is 7.12. The molecule has 3 rings (SSSR count). The first kappa shape index (κ1) is 11.9. The molecule has 0 aromatic carbocycles. The fourth-order valence-electron chi connectivity index (χ4n) is 3.72. The number of fused-ring (bicyclic) bond motifs is 1. The number of nitrogens with zero attached hydrogens (tertiary/aromatic N) is 2. The van der Waals surface area contributed by atoms with Gasteiger partial charge in [0.15, 0.2) is 0 Å². The van der Waals surface area contributed by atoms with E-state index in [9.17, 15) is 5.11 Å². The Labute approximate surface area is 104 Å². The van der Waals surface area contributed by atoms with Gasteiger partial charge in [-0.2, -0.15) is 0 Å². The molecule has 3 aliphatic rings. The van der Waals surface area contributed by atoms with Crippen LogP contribution in [0.5, 0.6) is 0 Å². The summed E-state index contributed by atoms with van der Waals surface area (Å²) in [6.07, 6.45) is 3.57. The van der Waals surface area contributed by atoms with Crippen molar-refractivity contribution in [1.82, 2.24) is 15.1 Å². The van der Waals surface area contributed by atoms with Crippen LogP contribution >= 0.6 is 0 Å². The lowest BCUT2D eigenvalue weighted by Crippen LogP contribution is -2.57. The number of aliphatic hydroxyl groups is 1. The SMILES string of the molecule is CC1CN2CCCC2CN1CC1CC(O)CN1. The Balaban J connectivity index is 1.55. The Hall–Kier alpha value is -0.160. The number of β-amino-alcohol motifs (C(OH)–C–C–N with tert-alkyl or cyclic N) is 1. The smallest absolute Gasteiger partial charge is 0.0680 e. The van der Waals surface area contributed by atoms with Crippen LogP contribution in [0.15, 0.2) is 0 Å². The number of nitrogens with one attached hydrogen (secondary N) is 1. The van der Waals surface area contributed by atoms with Gasteiger partial charge in [-0.05, 0) is 32.7 Å². The second-order valence-electron chi connectivity index (χ2n) is 6.09. The van der Waals surface area contributed by atoms with Gasteiger partial charge in [-0.25, -0.2) is 0 Å². The maximum absolute atomic E-state index is 9.56. The van der Waals surface area contributed by atoms with Gasteiger partial charge in [0.25, 0.3) is 0 Å². The molecule has 0 aliphatic carbocycles. The van der Waals surface area contributed by atoms with Gasteiger partial charge in [0, 0.05) is 44.3 Å². The van der Waals surface area contributed by atoms with Crippen LogP contribution in [-0.2, 0) is 0 Å². The molecule has 4 atom stereocenters. The monoisotopic (exact) mass is 239 g/mol. The summed E-state index contributed by atoms with van der Waals surface area (Å²) in [6, 6.07) is 1.97. The Kier molecular flexibility index (Phi) is 3.39. The summed E-state index contributed by atoms with van der Waals surface area (Å²) in [5.41, 5.74) is 0. The van der Waals surface area contributed by atoms with Crippen LogP contribution < -0.4 is 5.32 Å². The molecular formula is C13H25N3O. The van der Waals surface area contributed by atoms with Gasteiger partial charge in [0.2, 0.25) is 0 Å². The van der Waals surface area contributed by atoms with Crippen molar-refractivity contribution in [2.75, 3.05) is 32.7 Å². The Morgan fingerprint density at radius 3 is 3.00 bits per heavy atom. The lowest BCUT2D eigenvalue weighted by molar-refractivity contribution is 0.0529. The first-order chi connectivity index (χ1) is 8.22. The van der Waals surface area contributed by atoms with E-state index < -0.39 is 0 Å². The van der Waals surface area contributed by atoms with Crippen LogP contribution in [0.1, 0.15) is 26.2 Å². The summed E-state index contributed by atoms with van der Waals surface area (Å²) >= 11 is 0. The summed E-state index contributed by atoms with van der Waals surface area (Å²) in [5.74, 6) is 0. The summed E-state index contributed by atoms with van der Waals surface area (Å²) in [7, 11) is 0. The van der Waals surface area contributed by atoms with Gasteiger partial charge in [-0.15, -0.1) is 0 Å². The van der Waals surface area contributed by atoms with Crippen molar-refractivity contribution in [3.05, 3.63) is 0 Å². The maximum Gasteiger partial charge on any atom is 0.0680 e. The second kappa shape index (κ2) is 4.84. The van der Waals surface area contributed by atoms with Crippen LogP contribution in [0.2, 0.25) is 0 Å². The highest BCUT2D eigenvalue weighted by atomic mass is 16.3. The van der Waals surface area contributed by atoms with Crippen LogP contribution in [0.25, 0.3) is 0 Å². The number of hydrogen-bond donors (Lipinski definition) is 2. The average Bonchev–Trinajstić information content (AvgIpc) is 2.88. The molecule has 3 aliphatic heterocycles. The zero-order valence-corrected chi connectivity index (χ0v) is 10.8.